The number of hydrogen-bond donors (Lipinski definition) is 0. The van der Waals surface area contributed by atoms with Crippen molar-refractivity contribution in [3.8, 4) is 0 Å². The van der Waals surface area contributed by atoms with Gasteiger partial charge in [0.05, 0.1) is 0 Å². The summed E-state index contributed by atoms with van der Waals surface area (Å²) in [7, 11) is 0. The van der Waals surface area contributed by atoms with E-state index < -0.39 is 6.10 Å². The molecule has 0 amide bonds. The van der Waals surface area contributed by atoms with Crippen molar-refractivity contribution in [3.63, 3.8) is 0 Å². The SMILES string of the molecule is CCCCCCCCCC/C=C\CCCCCCCCCCCCCCCCCCCC(=O)OCC(COC(=O)CCCCCCCCCCCCCC)OC(=O)CCCCCCCCCCCCC/C=C\CCCCCCCCCC. The van der Waals surface area contributed by atoms with E-state index in [2.05, 4.69) is 45.1 Å². The third-order valence-corrected chi connectivity index (χ3v) is 17.2. The monoisotopic (exact) mass is 1150 g/mol. The number of unbranched alkanes of at least 4 members (excludes halogenated alkanes) is 55. The van der Waals surface area contributed by atoms with Crippen LogP contribution >= 0.6 is 0 Å². The van der Waals surface area contributed by atoms with Crippen molar-refractivity contribution in [1.29, 1.82) is 0 Å². The van der Waals surface area contributed by atoms with Crippen molar-refractivity contribution >= 4 is 17.9 Å². The lowest BCUT2D eigenvalue weighted by molar-refractivity contribution is -0.167. The van der Waals surface area contributed by atoms with Gasteiger partial charge in [-0.1, -0.05) is 360 Å². The van der Waals surface area contributed by atoms with Gasteiger partial charge in [0.15, 0.2) is 6.10 Å². The zero-order valence-corrected chi connectivity index (χ0v) is 55.8. The lowest BCUT2D eigenvalue weighted by Gasteiger charge is -2.18. The van der Waals surface area contributed by atoms with Gasteiger partial charge in [-0.15, -0.1) is 0 Å². The first-order chi connectivity index (χ1) is 40.5. The van der Waals surface area contributed by atoms with Crippen LogP contribution in [0, 0.1) is 0 Å². The molecule has 484 valence electrons. The molecule has 0 aliphatic heterocycles. The highest BCUT2D eigenvalue weighted by atomic mass is 16.6. The predicted octanol–water partition coefficient (Wildman–Crippen LogP) is 25.7. The molecule has 0 bridgehead atoms. The topological polar surface area (TPSA) is 78.9 Å². The normalized spacial score (nSPS) is 12.1. The highest BCUT2D eigenvalue weighted by molar-refractivity contribution is 5.71. The highest BCUT2D eigenvalue weighted by Gasteiger charge is 2.20. The van der Waals surface area contributed by atoms with Crippen molar-refractivity contribution in [2.24, 2.45) is 0 Å². The molecule has 6 nitrogen and oxygen atoms in total. The summed E-state index contributed by atoms with van der Waals surface area (Å²) >= 11 is 0. The Labute approximate surface area is 513 Å². The average Bonchev–Trinajstić information content (AvgIpc) is 3.47. The maximum absolute atomic E-state index is 13.0. The van der Waals surface area contributed by atoms with Crippen molar-refractivity contribution in [3.05, 3.63) is 24.3 Å². The van der Waals surface area contributed by atoms with Gasteiger partial charge < -0.3 is 14.2 Å². The minimum atomic E-state index is -0.768. The Hall–Kier alpha value is -2.11. The Kier molecular flexibility index (Phi) is 69.5. The summed E-state index contributed by atoms with van der Waals surface area (Å²) in [6.45, 7) is 6.72. The zero-order valence-electron chi connectivity index (χ0n) is 55.8. The van der Waals surface area contributed by atoms with E-state index >= 15 is 0 Å². The Morgan fingerprint density at radius 1 is 0.232 bits per heavy atom. The molecule has 0 rings (SSSR count). The number of ether oxygens (including phenoxy) is 3. The smallest absolute Gasteiger partial charge is 0.306 e. The molecule has 0 fully saturated rings. The first-order valence-electron chi connectivity index (χ1n) is 37.3. The molecule has 0 aromatic heterocycles. The summed E-state index contributed by atoms with van der Waals surface area (Å²) in [5.41, 5.74) is 0. The molecule has 0 aliphatic rings. The van der Waals surface area contributed by atoms with E-state index in [0.29, 0.717) is 19.3 Å². The fourth-order valence-corrected chi connectivity index (χ4v) is 11.6. The van der Waals surface area contributed by atoms with Crippen LogP contribution in [0.5, 0.6) is 0 Å². The summed E-state index contributed by atoms with van der Waals surface area (Å²) in [6.07, 6.45) is 88.0. The second kappa shape index (κ2) is 71.4. The molecular weight excluding hydrogens is 1010 g/mol. The molecule has 0 spiro atoms. The molecule has 0 N–H and O–H groups in total. The predicted molar refractivity (Wildman–Crippen MR) is 358 cm³/mol. The zero-order chi connectivity index (χ0) is 59.2. The van der Waals surface area contributed by atoms with Gasteiger partial charge in [-0.3, -0.25) is 14.4 Å². The first kappa shape index (κ1) is 79.9. The summed E-state index contributed by atoms with van der Waals surface area (Å²) in [4.78, 5) is 38.4. The van der Waals surface area contributed by atoms with Crippen LogP contribution in [0.1, 0.15) is 425 Å². The lowest BCUT2D eigenvalue weighted by atomic mass is 10.0. The standard InChI is InChI=1S/C76H144O6/c1-4-7-10-13-16-19-22-25-27-29-31-33-35-36-37-38-39-40-42-43-45-47-49-51-54-57-60-63-66-69-75(78)81-72-73(71-80-74(77)68-65-62-59-56-53-24-21-18-15-12-9-6-3)82-76(79)70-67-64-61-58-55-52-50-48-46-44-41-34-32-30-28-26-23-20-17-14-11-8-5-2/h29-32,73H,4-28,33-72H2,1-3H3/b31-29-,32-30-. The number of carbonyl (C=O) groups is 3. The van der Waals surface area contributed by atoms with Crippen LogP contribution in [-0.2, 0) is 28.6 Å². The van der Waals surface area contributed by atoms with E-state index in [9.17, 15) is 14.4 Å². The van der Waals surface area contributed by atoms with Crippen molar-refractivity contribution in [2.75, 3.05) is 13.2 Å². The maximum atomic E-state index is 13.0. The van der Waals surface area contributed by atoms with Crippen LogP contribution < -0.4 is 0 Å². The summed E-state index contributed by atoms with van der Waals surface area (Å²) in [5, 5.41) is 0. The quantitative estimate of drug-likeness (QED) is 0.0261. The average molecular weight is 1150 g/mol. The minimum Gasteiger partial charge on any atom is -0.462 e. The van der Waals surface area contributed by atoms with E-state index in [1.165, 1.54) is 327 Å². The molecule has 82 heavy (non-hydrogen) atoms. The Morgan fingerprint density at radius 3 is 0.610 bits per heavy atom. The fraction of sp³-hybridized carbons (Fsp3) is 0.908. The second-order valence-electron chi connectivity index (χ2n) is 25.6. The number of esters is 3. The van der Waals surface area contributed by atoms with Gasteiger partial charge in [0.25, 0.3) is 0 Å². The Morgan fingerprint density at radius 2 is 0.402 bits per heavy atom. The molecule has 0 aromatic carbocycles. The number of carbonyl (C=O) groups excluding carboxylic acids is 3. The molecule has 0 saturated carbocycles. The van der Waals surface area contributed by atoms with E-state index in [0.717, 1.165) is 57.8 Å². The Balaban J connectivity index is 4.15. The van der Waals surface area contributed by atoms with E-state index in [1.807, 2.05) is 0 Å². The third kappa shape index (κ3) is 68.7. The van der Waals surface area contributed by atoms with E-state index in [-0.39, 0.29) is 31.1 Å². The Bertz CT molecular complexity index is 1320. The maximum Gasteiger partial charge on any atom is 0.306 e. The molecular formula is C76H144O6. The van der Waals surface area contributed by atoms with Gasteiger partial charge in [-0.25, -0.2) is 0 Å². The molecule has 0 aliphatic carbocycles. The van der Waals surface area contributed by atoms with Crippen LogP contribution in [-0.4, -0.2) is 37.2 Å². The van der Waals surface area contributed by atoms with Crippen LogP contribution in [0.25, 0.3) is 0 Å². The number of rotatable bonds is 70. The largest absolute Gasteiger partial charge is 0.462 e. The molecule has 6 heteroatoms. The highest BCUT2D eigenvalue weighted by Crippen LogP contribution is 2.19. The second-order valence-corrected chi connectivity index (χ2v) is 25.6. The lowest BCUT2D eigenvalue weighted by Crippen LogP contribution is -2.30. The van der Waals surface area contributed by atoms with Gasteiger partial charge in [-0.2, -0.15) is 0 Å². The van der Waals surface area contributed by atoms with Gasteiger partial charge in [0.2, 0.25) is 0 Å². The number of hydrogen-bond acceptors (Lipinski definition) is 6. The molecule has 1 unspecified atom stereocenters. The summed E-state index contributed by atoms with van der Waals surface area (Å²) < 4.78 is 17.0. The van der Waals surface area contributed by atoms with E-state index in [1.54, 1.807) is 0 Å². The number of allylic oxidation sites excluding steroid dienone is 4. The van der Waals surface area contributed by atoms with Crippen molar-refractivity contribution in [2.45, 2.75) is 431 Å². The van der Waals surface area contributed by atoms with Gasteiger partial charge in [-0.05, 0) is 70.6 Å². The molecule has 0 aromatic rings. The molecule has 0 heterocycles. The van der Waals surface area contributed by atoms with Crippen LogP contribution in [0.2, 0.25) is 0 Å². The van der Waals surface area contributed by atoms with Crippen LogP contribution in [0.15, 0.2) is 24.3 Å². The fourth-order valence-electron chi connectivity index (χ4n) is 11.6. The van der Waals surface area contributed by atoms with Gasteiger partial charge >= 0.3 is 17.9 Å². The van der Waals surface area contributed by atoms with Crippen LogP contribution in [0.4, 0.5) is 0 Å². The van der Waals surface area contributed by atoms with Gasteiger partial charge in [0, 0.05) is 19.3 Å². The van der Waals surface area contributed by atoms with Crippen molar-refractivity contribution in [1.82, 2.24) is 0 Å². The van der Waals surface area contributed by atoms with E-state index in [4.69, 9.17) is 14.2 Å². The van der Waals surface area contributed by atoms with Crippen molar-refractivity contribution < 1.29 is 28.6 Å². The molecule has 0 saturated heterocycles. The summed E-state index contributed by atoms with van der Waals surface area (Å²) in [6, 6.07) is 0. The molecule has 0 radical (unpaired) electrons. The minimum absolute atomic E-state index is 0.0648. The first-order valence-corrected chi connectivity index (χ1v) is 37.3. The van der Waals surface area contributed by atoms with Crippen LogP contribution in [0.3, 0.4) is 0 Å². The van der Waals surface area contributed by atoms with Gasteiger partial charge in [0.1, 0.15) is 13.2 Å². The summed E-state index contributed by atoms with van der Waals surface area (Å²) in [5.74, 6) is -0.832. The third-order valence-electron chi connectivity index (χ3n) is 17.2. The molecule has 1 atom stereocenters.